The lowest BCUT2D eigenvalue weighted by molar-refractivity contribution is 0.301. The molecule has 0 aromatic heterocycles. The maximum atomic E-state index is 13.4. The Morgan fingerprint density at radius 3 is 1.76 bits per heavy atom. The standard InChI is InChI=1S/C22H29F3/c1-2-15-3-5-16(6-4-15)7-8-17-9-11-18(12-10-17)19-13-20(23)22(25)21(24)14-19/h7-8,13-18H,2-6,9-12H2,1H3/b8-7+. The Kier molecular flexibility index (Phi) is 6.24. The van der Waals surface area contributed by atoms with Crippen molar-refractivity contribution < 1.29 is 13.2 Å². The summed E-state index contributed by atoms with van der Waals surface area (Å²) in [6, 6.07) is 2.34. The summed E-state index contributed by atoms with van der Waals surface area (Å²) in [6.07, 6.45) is 15.4. The Morgan fingerprint density at radius 2 is 1.28 bits per heavy atom. The fraction of sp³-hybridized carbons (Fsp3) is 0.636. The number of hydrogen-bond acceptors (Lipinski definition) is 0. The Hall–Kier alpha value is -1.25. The molecule has 3 rings (SSSR count). The highest BCUT2D eigenvalue weighted by molar-refractivity contribution is 5.23. The Morgan fingerprint density at radius 1 is 0.800 bits per heavy atom. The normalized spacial score (nSPS) is 30.7. The zero-order valence-electron chi connectivity index (χ0n) is 15.1. The summed E-state index contributed by atoms with van der Waals surface area (Å²) >= 11 is 0. The number of allylic oxidation sites excluding steroid dienone is 2. The third-order valence-corrected chi connectivity index (χ3v) is 6.37. The predicted molar refractivity (Wildman–Crippen MR) is 95.9 cm³/mol. The Balaban J connectivity index is 1.50. The topological polar surface area (TPSA) is 0 Å². The van der Waals surface area contributed by atoms with E-state index in [1.54, 1.807) is 0 Å². The largest absolute Gasteiger partial charge is 0.204 e. The Bertz CT molecular complexity index is 568. The van der Waals surface area contributed by atoms with E-state index in [0.717, 1.165) is 37.5 Å². The quantitative estimate of drug-likeness (QED) is 0.399. The molecular weight excluding hydrogens is 321 g/mol. The molecule has 2 fully saturated rings. The maximum Gasteiger partial charge on any atom is 0.194 e. The van der Waals surface area contributed by atoms with Crippen molar-refractivity contribution in [3.63, 3.8) is 0 Å². The first-order valence-electron chi connectivity index (χ1n) is 9.89. The van der Waals surface area contributed by atoms with E-state index in [1.165, 1.54) is 44.2 Å². The van der Waals surface area contributed by atoms with Crippen LogP contribution < -0.4 is 0 Å². The van der Waals surface area contributed by atoms with Crippen molar-refractivity contribution in [2.24, 2.45) is 17.8 Å². The van der Waals surface area contributed by atoms with E-state index >= 15 is 0 Å². The van der Waals surface area contributed by atoms with Gasteiger partial charge >= 0.3 is 0 Å². The van der Waals surface area contributed by atoms with Crippen LogP contribution in [0.25, 0.3) is 0 Å². The first-order chi connectivity index (χ1) is 12.1. The molecule has 0 N–H and O–H groups in total. The molecule has 0 spiro atoms. The molecule has 0 bridgehead atoms. The molecular formula is C22H29F3. The third-order valence-electron chi connectivity index (χ3n) is 6.37. The molecule has 2 aliphatic rings. The molecule has 138 valence electrons. The van der Waals surface area contributed by atoms with Crippen LogP contribution in [-0.4, -0.2) is 0 Å². The maximum absolute atomic E-state index is 13.4. The molecule has 1 aromatic carbocycles. The fourth-order valence-corrected chi connectivity index (χ4v) is 4.56. The van der Waals surface area contributed by atoms with Crippen LogP contribution in [0.4, 0.5) is 13.2 Å². The second-order valence-electron chi connectivity index (χ2n) is 7.98. The SMILES string of the molecule is CCC1CCC(/C=C/C2CCC(c3cc(F)c(F)c(F)c3)CC2)CC1. The van der Waals surface area contributed by atoms with E-state index < -0.39 is 17.5 Å². The summed E-state index contributed by atoms with van der Waals surface area (Å²) in [6.45, 7) is 2.29. The van der Waals surface area contributed by atoms with E-state index in [1.807, 2.05) is 0 Å². The highest BCUT2D eigenvalue weighted by Gasteiger charge is 2.24. The second kappa shape index (κ2) is 8.42. The third kappa shape index (κ3) is 4.68. The second-order valence-corrected chi connectivity index (χ2v) is 7.98. The van der Waals surface area contributed by atoms with E-state index in [9.17, 15) is 13.2 Å². The van der Waals surface area contributed by atoms with Crippen molar-refractivity contribution in [1.29, 1.82) is 0 Å². The number of benzene rings is 1. The minimum Gasteiger partial charge on any atom is -0.204 e. The van der Waals surface area contributed by atoms with Gasteiger partial charge in [0, 0.05) is 0 Å². The first kappa shape index (κ1) is 18.5. The van der Waals surface area contributed by atoms with Gasteiger partial charge in [0.2, 0.25) is 0 Å². The molecule has 0 heterocycles. The molecule has 25 heavy (non-hydrogen) atoms. The first-order valence-corrected chi connectivity index (χ1v) is 9.89. The average Bonchev–Trinajstić information content (AvgIpc) is 2.65. The van der Waals surface area contributed by atoms with E-state index in [2.05, 4.69) is 19.1 Å². The molecule has 3 heteroatoms. The molecule has 0 amide bonds. The highest BCUT2D eigenvalue weighted by Crippen LogP contribution is 2.38. The molecule has 0 nitrogen and oxygen atoms in total. The highest BCUT2D eigenvalue weighted by atomic mass is 19.2. The molecule has 0 atom stereocenters. The predicted octanol–water partition coefficient (Wildman–Crippen LogP) is 7.15. The van der Waals surface area contributed by atoms with Crippen molar-refractivity contribution in [3.8, 4) is 0 Å². The number of halogens is 3. The van der Waals surface area contributed by atoms with Crippen LogP contribution in [0.1, 0.15) is 76.2 Å². The van der Waals surface area contributed by atoms with Gasteiger partial charge in [-0.25, -0.2) is 13.2 Å². The molecule has 2 aliphatic carbocycles. The van der Waals surface area contributed by atoms with Crippen LogP contribution in [0.3, 0.4) is 0 Å². The van der Waals surface area contributed by atoms with Gasteiger partial charge in [0.15, 0.2) is 17.5 Å². The molecule has 0 radical (unpaired) electrons. The van der Waals surface area contributed by atoms with Crippen LogP contribution in [0.15, 0.2) is 24.3 Å². The van der Waals surface area contributed by atoms with Gasteiger partial charge in [0.1, 0.15) is 0 Å². The Labute approximate surface area is 149 Å². The number of rotatable bonds is 4. The number of hydrogen-bond donors (Lipinski definition) is 0. The minimum atomic E-state index is -1.36. The fourth-order valence-electron chi connectivity index (χ4n) is 4.56. The van der Waals surface area contributed by atoms with Crippen LogP contribution in [-0.2, 0) is 0 Å². The van der Waals surface area contributed by atoms with Crippen LogP contribution in [0.2, 0.25) is 0 Å². The monoisotopic (exact) mass is 350 g/mol. The molecule has 1 aromatic rings. The van der Waals surface area contributed by atoms with Crippen LogP contribution in [0.5, 0.6) is 0 Å². The van der Waals surface area contributed by atoms with Gasteiger partial charge in [-0.1, -0.05) is 25.5 Å². The van der Waals surface area contributed by atoms with E-state index in [-0.39, 0.29) is 5.92 Å². The minimum absolute atomic E-state index is 0.147. The van der Waals surface area contributed by atoms with Crippen molar-refractivity contribution in [2.75, 3.05) is 0 Å². The van der Waals surface area contributed by atoms with Crippen LogP contribution >= 0.6 is 0 Å². The summed E-state index contributed by atoms with van der Waals surface area (Å²) < 4.78 is 40.0. The van der Waals surface area contributed by atoms with Gasteiger partial charge in [-0.15, -0.1) is 0 Å². The van der Waals surface area contributed by atoms with Gasteiger partial charge < -0.3 is 0 Å². The van der Waals surface area contributed by atoms with Crippen molar-refractivity contribution in [1.82, 2.24) is 0 Å². The van der Waals surface area contributed by atoms with E-state index in [4.69, 9.17) is 0 Å². The van der Waals surface area contributed by atoms with Gasteiger partial charge in [0.25, 0.3) is 0 Å². The van der Waals surface area contributed by atoms with E-state index in [0.29, 0.717) is 11.5 Å². The van der Waals surface area contributed by atoms with Gasteiger partial charge in [-0.2, -0.15) is 0 Å². The van der Waals surface area contributed by atoms with Crippen molar-refractivity contribution in [2.45, 2.75) is 70.6 Å². The lowest BCUT2D eigenvalue weighted by atomic mass is 9.77. The zero-order chi connectivity index (χ0) is 17.8. The molecule has 0 aliphatic heterocycles. The lowest BCUT2D eigenvalue weighted by Crippen LogP contribution is -2.14. The lowest BCUT2D eigenvalue weighted by Gasteiger charge is -2.29. The zero-order valence-corrected chi connectivity index (χ0v) is 15.1. The van der Waals surface area contributed by atoms with Crippen molar-refractivity contribution in [3.05, 3.63) is 47.3 Å². The molecule has 0 unspecified atom stereocenters. The smallest absolute Gasteiger partial charge is 0.194 e. The summed E-state index contributed by atoms with van der Waals surface area (Å²) in [5.41, 5.74) is 0.608. The molecule has 2 saturated carbocycles. The van der Waals surface area contributed by atoms with Crippen molar-refractivity contribution >= 4 is 0 Å². The molecule has 0 saturated heterocycles. The summed E-state index contributed by atoms with van der Waals surface area (Å²) in [5.74, 6) is -1.11. The van der Waals surface area contributed by atoms with Gasteiger partial charge in [-0.05, 0) is 92.7 Å². The van der Waals surface area contributed by atoms with Gasteiger partial charge in [0.05, 0.1) is 0 Å². The summed E-state index contributed by atoms with van der Waals surface area (Å²) in [5, 5.41) is 0. The summed E-state index contributed by atoms with van der Waals surface area (Å²) in [4.78, 5) is 0. The summed E-state index contributed by atoms with van der Waals surface area (Å²) in [7, 11) is 0. The van der Waals surface area contributed by atoms with Gasteiger partial charge in [-0.3, -0.25) is 0 Å². The average molecular weight is 350 g/mol. The van der Waals surface area contributed by atoms with Crippen LogP contribution in [0, 0.1) is 35.2 Å².